The van der Waals surface area contributed by atoms with Crippen LogP contribution in [-0.2, 0) is 9.53 Å². The van der Waals surface area contributed by atoms with Gasteiger partial charge in [-0.15, -0.1) is 11.3 Å². The summed E-state index contributed by atoms with van der Waals surface area (Å²) in [5, 5.41) is 13.1. The normalized spacial score (nSPS) is 12.4. The van der Waals surface area contributed by atoms with Crippen molar-refractivity contribution < 1.29 is 32.6 Å². The number of aliphatic carboxylic acids is 1. The van der Waals surface area contributed by atoms with Gasteiger partial charge in [0.2, 0.25) is 0 Å². The van der Waals surface area contributed by atoms with Crippen molar-refractivity contribution in [3.8, 4) is 11.3 Å². The summed E-state index contributed by atoms with van der Waals surface area (Å²) in [5.41, 5.74) is -0.170. The van der Waals surface area contributed by atoms with E-state index in [-0.39, 0.29) is 21.8 Å². The third kappa shape index (κ3) is 7.08. The Morgan fingerprint density at radius 1 is 1.16 bits per heavy atom. The number of hydrogen-bond donors (Lipinski definition) is 2. The fourth-order valence-electron chi connectivity index (χ4n) is 3.91. The average molecular weight is 547 g/mol. The molecule has 0 saturated carbocycles. The number of nitrogens with one attached hydrogen (secondary N) is 1. The number of methoxy groups -OCH3 is 1. The molecule has 0 spiro atoms. The Hall–Kier alpha value is -3.50. The predicted molar refractivity (Wildman–Crippen MR) is 142 cm³/mol. The lowest BCUT2D eigenvalue weighted by molar-refractivity contribution is -0.132. The van der Waals surface area contributed by atoms with Crippen LogP contribution in [0.5, 0.6) is 0 Å². The number of thiazole rings is 1. The predicted octanol–water partition coefficient (Wildman–Crippen LogP) is 7.63. The minimum Gasteiger partial charge on any atom is -0.478 e. The molecule has 2 aromatic carbocycles. The fourth-order valence-corrected chi connectivity index (χ4v) is 4.61. The molecule has 0 saturated heterocycles. The molecule has 6 nitrogen and oxygen atoms in total. The fraction of sp³-hybridized carbons (Fsp3) is 0.321. The number of carbonyl (C=O) groups excluding carboxylic acids is 1. The van der Waals surface area contributed by atoms with Crippen LogP contribution >= 0.6 is 11.3 Å². The van der Waals surface area contributed by atoms with E-state index in [1.165, 1.54) is 6.92 Å². The van der Waals surface area contributed by atoms with E-state index in [1.807, 2.05) is 0 Å². The Kier molecular flexibility index (Phi) is 10.2. The minimum absolute atomic E-state index is 0.115. The number of anilines is 1. The van der Waals surface area contributed by atoms with E-state index in [0.717, 1.165) is 55.2 Å². The number of amides is 1. The molecule has 0 radical (unpaired) electrons. The minimum atomic E-state index is -1.32. The Balaban J connectivity index is 1.78. The van der Waals surface area contributed by atoms with Crippen LogP contribution < -0.4 is 5.32 Å². The SMILES string of the molecule is CCCCCCC(OC)c1cccc(-c2csc(NC(=O)c3cc(F)c(/C=C(\C)C(=O)O)c(F)c3)n2)c1F. The highest BCUT2D eigenvalue weighted by atomic mass is 32.1. The molecule has 3 rings (SSSR count). The van der Waals surface area contributed by atoms with Crippen LogP contribution in [0.15, 0.2) is 41.3 Å². The van der Waals surface area contributed by atoms with Gasteiger partial charge in [-0.3, -0.25) is 10.1 Å². The van der Waals surface area contributed by atoms with Crippen molar-refractivity contribution in [1.29, 1.82) is 0 Å². The number of ether oxygens (including phenoxy) is 1. The number of rotatable bonds is 12. The highest BCUT2D eigenvalue weighted by Crippen LogP contribution is 2.33. The molecule has 0 fully saturated rings. The first-order chi connectivity index (χ1) is 18.2. The molecule has 38 heavy (non-hydrogen) atoms. The lowest BCUT2D eigenvalue weighted by Gasteiger charge is -2.17. The highest BCUT2D eigenvalue weighted by Gasteiger charge is 2.21. The molecule has 202 valence electrons. The highest BCUT2D eigenvalue weighted by molar-refractivity contribution is 7.14. The van der Waals surface area contributed by atoms with E-state index < -0.39 is 41.0 Å². The number of benzene rings is 2. The molecular weight excluding hydrogens is 517 g/mol. The summed E-state index contributed by atoms with van der Waals surface area (Å²) in [4.78, 5) is 27.9. The van der Waals surface area contributed by atoms with Crippen LogP contribution in [0.3, 0.4) is 0 Å². The number of halogens is 3. The van der Waals surface area contributed by atoms with Gasteiger partial charge >= 0.3 is 5.97 Å². The summed E-state index contributed by atoms with van der Waals surface area (Å²) >= 11 is 1.04. The van der Waals surface area contributed by atoms with Crippen LogP contribution in [0, 0.1) is 17.5 Å². The lowest BCUT2D eigenvalue weighted by Crippen LogP contribution is -2.13. The Labute approximate surface area is 223 Å². The van der Waals surface area contributed by atoms with Crippen LogP contribution in [0.4, 0.5) is 18.3 Å². The van der Waals surface area contributed by atoms with Crippen LogP contribution in [0.25, 0.3) is 17.3 Å². The molecule has 0 aliphatic carbocycles. The van der Waals surface area contributed by atoms with Crippen molar-refractivity contribution >= 4 is 34.4 Å². The molecular formula is C28H29F3N2O4S. The van der Waals surface area contributed by atoms with Crippen LogP contribution in [-0.4, -0.2) is 29.1 Å². The van der Waals surface area contributed by atoms with Crippen LogP contribution in [0.2, 0.25) is 0 Å². The molecule has 2 N–H and O–H groups in total. The number of hydrogen-bond acceptors (Lipinski definition) is 5. The third-order valence-corrected chi connectivity index (χ3v) is 6.78. The summed E-state index contributed by atoms with van der Waals surface area (Å²) in [7, 11) is 1.55. The molecule has 1 heterocycles. The third-order valence-electron chi connectivity index (χ3n) is 6.02. The number of unbranched alkanes of at least 4 members (excludes halogenated alkanes) is 3. The van der Waals surface area contributed by atoms with Gasteiger partial charge < -0.3 is 9.84 Å². The molecule has 1 atom stereocenters. The maximum absolute atomic E-state index is 15.4. The topological polar surface area (TPSA) is 88.5 Å². The number of carboxylic acids is 1. The Bertz CT molecular complexity index is 1320. The standard InChI is InChI=1S/C28H29F3N2O4S/c1-4-5-6-7-11-24(37-3)19-10-8-9-18(25(19)31)23-15-38-28(32-23)33-26(34)17-13-21(29)20(22(30)14-17)12-16(2)27(35)36/h8-10,12-15,24H,4-7,11H2,1-3H3,(H,35,36)(H,32,33,34)/b16-12+. The molecule has 10 heteroatoms. The average Bonchev–Trinajstić information content (AvgIpc) is 3.34. The van der Waals surface area contributed by atoms with Gasteiger partial charge in [-0.25, -0.2) is 22.9 Å². The van der Waals surface area contributed by atoms with E-state index in [4.69, 9.17) is 9.84 Å². The maximum Gasteiger partial charge on any atom is 0.331 e. The van der Waals surface area contributed by atoms with Gasteiger partial charge in [-0.05, 0) is 37.6 Å². The zero-order chi connectivity index (χ0) is 27.8. The first-order valence-electron chi connectivity index (χ1n) is 12.1. The second kappa shape index (κ2) is 13.3. The van der Waals surface area contributed by atoms with Gasteiger partial charge in [0, 0.05) is 40.3 Å². The van der Waals surface area contributed by atoms with Gasteiger partial charge in [0.15, 0.2) is 5.13 Å². The molecule has 0 bridgehead atoms. The van der Waals surface area contributed by atoms with E-state index in [0.29, 0.717) is 17.7 Å². The van der Waals surface area contributed by atoms with Crippen molar-refractivity contribution in [1.82, 2.24) is 4.98 Å². The van der Waals surface area contributed by atoms with E-state index in [2.05, 4.69) is 17.2 Å². The maximum atomic E-state index is 15.4. The van der Waals surface area contributed by atoms with Crippen molar-refractivity contribution in [2.45, 2.75) is 52.1 Å². The van der Waals surface area contributed by atoms with E-state index >= 15 is 4.39 Å². The Morgan fingerprint density at radius 3 is 2.50 bits per heavy atom. The molecule has 0 aliphatic heterocycles. The van der Waals surface area contributed by atoms with Crippen molar-refractivity contribution in [2.75, 3.05) is 12.4 Å². The van der Waals surface area contributed by atoms with Crippen molar-refractivity contribution in [2.24, 2.45) is 0 Å². The first kappa shape index (κ1) is 29.1. The van der Waals surface area contributed by atoms with Gasteiger partial charge in [-0.2, -0.15) is 0 Å². The monoisotopic (exact) mass is 546 g/mol. The summed E-state index contributed by atoms with van der Waals surface area (Å²) in [6.45, 7) is 3.32. The smallest absolute Gasteiger partial charge is 0.331 e. The van der Waals surface area contributed by atoms with Crippen LogP contribution in [0.1, 0.15) is 73.5 Å². The molecule has 0 aliphatic rings. The van der Waals surface area contributed by atoms with Crippen molar-refractivity contribution in [3.63, 3.8) is 0 Å². The largest absolute Gasteiger partial charge is 0.478 e. The second-order valence-electron chi connectivity index (χ2n) is 8.76. The number of aromatic nitrogens is 1. The summed E-state index contributed by atoms with van der Waals surface area (Å²) < 4.78 is 49.9. The zero-order valence-corrected chi connectivity index (χ0v) is 22.1. The number of nitrogens with zero attached hydrogens (tertiary/aromatic N) is 1. The van der Waals surface area contributed by atoms with E-state index in [1.54, 1.807) is 30.7 Å². The second-order valence-corrected chi connectivity index (χ2v) is 9.62. The molecule has 3 aromatic rings. The molecule has 1 amide bonds. The number of carbonyl (C=O) groups is 2. The van der Waals surface area contributed by atoms with Gasteiger partial charge in [0.05, 0.1) is 11.8 Å². The number of carboxylic acid groups (broad SMARTS) is 1. The summed E-state index contributed by atoms with van der Waals surface area (Å²) in [6, 6.07) is 6.60. The van der Waals surface area contributed by atoms with Gasteiger partial charge in [-0.1, -0.05) is 44.7 Å². The zero-order valence-electron chi connectivity index (χ0n) is 21.3. The van der Waals surface area contributed by atoms with Gasteiger partial charge in [0.1, 0.15) is 17.5 Å². The summed E-state index contributed by atoms with van der Waals surface area (Å²) in [6.07, 6.45) is 5.31. The Morgan fingerprint density at radius 2 is 1.87 bits per heavy atom. The van der Waals surface area contributed by atoms with E-state index in [9.17, 15) is 18.4 Å². The molecule has 1 unspecified atom stereocenters. The van der Waals surface area contributed by atoms with Gasteiger partial charge in [0.25, 0.3) is 5.91 Å². The lowest BCUT2D eigenvalue weighted by atomic mass is 9.99. The molecule has 1 aromatic heterocycles. The quantitative estimate of drug-likeness (QED) is 0.180. The summed E-state index contributed by atoms with van der Waals surface area (Å²) in [5.74, 6) is -4.78. The first-order valence-corrected chi connectivity index (χ1v) is 13.0. The van der Waals surface area contributed by atoms with Crippen molar-refractivity contribution in [3.05, 3.63) is 75.4 Å².